The number of rotatable bonds is 6. The van der Waals surface area contributed by atoms with Crippen molar-refractivity contribution in [2.45, 2.75) is 38.4 Å². The van der Waals surface area contributed by atoms with Gasteiger partial charge >= 0.3 is 5.97 Å². The second-order valence-corrected chi connectivity index (χ2v) is 7.54. The number of aliphatic carboxylic acids is 1. The number of carboxylic acid groups (broad SMARTS) is 1. The molecule has 0 radical (unpaired) electrons. The second kappa shape index (κ2) is 7.45. The number of benzene rings is 1. The van der Waals surface area contributed by atoms with Gasteiger partial charge in [0.1, 0.15) is 16.1 Å². The van der Waals surface area contributed by atoms with Gasteiger partial charge in [0.05, 0.1) is 12.1 Å². The van der Waals surface area contributed by atoms with E-state index in [-0.39, 0.29) is 6.42 Å². The van der Waals surface area contributed by atoms with Crippen molar-refractivity contribution in [1.82, 2.24) is 0 Å². The molecule has 20 heavy (non-hydrogen) atoms. The highest BCUT2D eigenvalue weighted by Gasteiger charge is 2.26. The fourth-order valence-electron chi connectivity index (χ4n) is 1.57. The minimum atomic E-state index is -1.34. The molecule has 1 aromatic rings. The number of hydrogen-bond acceptors (Lipinski definition) is 3. The van der Waals surface area contributed by atoms with E-state index >= 15 is 0 Å². The van der Waals surface area contributed by atoms with Crippen LogP contribution >= 0.6 is 0 Å². The molecule has 2 unspecified atom stereocenters. The summed E-state index contributed by atoms with van der Waals surface area (Å²) in [6, 6.07) is 9.47. The van der Waals surface area contributed by atoms with Crippen molar-refractivity contribution in [1.29, 1.82) is 0 Å². The molecule has 110 valence electrons. The predicted octanol–water partition coefficient (Wildman–Crippen LogP) is 2.85. The van der Waals surface area contributed by atoms with Crippen LogP contribution in [0.5, 0.6) is 0 Å². The molecule has 0 bridgehead atoms. The van der Waals surface area contributed by atoms with Crippen molar-refractivity contribution >= 4 is 23.5 Å². The Balaban J connectivity index is 2.61. The Labute approximate surface area is 123 Å². The summed E-state index contributed by atoms with van der Waals surface area (Å²) >= 11 is -1.34. The third kappa shape index (κ3) is 5.75. The molecule has 2 atom stereocenters. The zero-order chi connectivity index (χ0) is 15.2. The van der Waals surface area contributed by atoms with Crippen LogP contribution in [0.4, 0.5) is 0 Å². The van der Waals surface area contributed by atoms with Crippen LogP contribution < -0.4 is 0 Å². The Morgan fingerprint density at radius 3 is 2.50 bits per heavy atom. The van der Waals surface area contributed by atoms with Gasteiger partial charge in [-0.3, -0.25) is 4.79 Å². The minimum absolute atomic E-state index is 0.284. The maximum atomic E-state index is 11.7. The zero-order valence-corrected chi connectivity index (χ0v) is 12.9. The highest BCUT2D eigenvalue weighted by Crippen LogP contribution is 2.17. The molecule has 0 fully saturated rings. The highest BCUT2D eigenvalue weighted by atomic mass is 32.2. The Hall–Kier alpha value is -1.33. The van der Waals surface area contributed by atoms with Gasteiger partial charge in [0.25, 0.3) is 0 Å². The summed E-state index contributed by atoms with van der Waals surface area (Å²) in [5.41, 5.74) is 0.977. The van der Waals surface area contributed by atoms with Gasteiger partial charge in [0.2, 0.25) is 0 Å². The molecule has 0 aliphatic heterocycles. The molecule has 1 N–H and O–H groups in total. The molecule has 1 aromatic carbocycles. The van der Waals surface area contributed by atoms with Gasteiger partial charge in [-0.15, -0.1) is 0 Å². The largest absolute Gasteiger partial charge is 0.591 e. The first kappa shape index (κ1) is 16.7. The van der Waals surface area contributed by atoms with Crippen molar-refractivity contribution in [2.75, 3.05) is 0 Å². The lowest BCUT2D eigenvalue weighted by atomic mass is 9.97. The number of nitrogens with zero attached hydrogens (tertiary/aromatic N) is 1. The fraction of sp³-hybridized carbons (Fsp3) is 0.467. The Bertz CT molecular complexity index is 454. The maximum Gasteiger partial charge on any atom is 0.307 e. The number of carbonyl (C=O) groups is 1. The fourth-order valence-corrected chi connectivity index (χ4v) is 2.10. The summed E-state index contributed by atoms with van der Waals surface area (Å²) in [5, 5.41) is 9.22. The Morgan fingerprint density at radius 2 is 2.00 bits per heavy atom. The summed E-state index contributed by atoms with van der Waals surface area (Å²) < 4.78 is 15.3. The van der Waals surface area contributed by atoms with Gasteiger partial charge in [-0.1, -0.05) is 34.7 Å². The maximum absolute atomic E-state index is 11.7. The van der Waals surface area contributed by atoms with E-state index in [0.717, 1.165) is 5.56 Å². The minimum Gasteiger partial charge on any atom is -0.591 e. The van der Waals surface area contributed by atoms with Crippen molar-refractivity contribution in [3.63, 3.8) is 0 Å². The van der Waals surface area contributed by atoms with E-state index in [2.05, 4.69) is 4.40 Å². The lowest BCUT2D eigenvalue weighted by Crippen LogP contribution is -2.26. The molecule has 0 saturated heterocycles. The molecule has 0 heterocycles. The predicted molar refractivity (Wildman–Crippen MR) is 82.3 cm³/mol. The van der Waals surface area contributed by atoms with Crippen molar-refractivity contribution < 1.29 is 14.5 Å². The van der Waals surface area contributed by atoms with Gasteiger partial charge in [-0.25, -0.2) is 0 Å². The summed E-state index contributed by atoms with van der Waals surface area (Å²) in [7, 11) is 0. The molecule has 1 rings (SSSR count). The average Bonchev–Trinajstić information content (AvgIpc) is 2.37. The van der Waals surface area contributed by atoms with Crippen LogP contribution in [-0.4, -0.2) is 26.6 Å². The Morgan fingerprint density at radius 1 is 1.40 bits per heavy atom. The normalized spacial score (nSPS) is 15.2. The number of hydrogen-bond donors (Lipinski definition) is 1. The van der Waals surface area contributed by atoms with Crippen LogP contribution in [0.1, 0.15) is 32.8 Å². The second-order valence-electron chi connectivity index (χ2n) is 5.61. The molecule has 0 amide bonds. The molecule has 0 saturated carbocycles. The smallest absolute Gasteiger partial charge is 0.307 e. The Kier molecular flexibility index (Phi) is 6.23. The third-order valence-electron chi connectivity index (χ3n) is 2.76. The van der Waals surface area contributed by atoms with E-state index < -0.39 is 28.0 Å². The monoisotopic (exact) mass is 295 g/mol. The standard InChI is InChI=1S/C15H21NO3S/c1-15(2,3)20(19)16-10-9-13(14(17)18)11-12-7-5-4-6-8-12/h4-8,10,13H,9,11H2,1-3H3,(H,17,18)/b16-10+. The highest BCUT2D eigenvalue weighted by molar-refractivity contribution is 7.91. The molecule has 0 aliphatic rings. The lowest BCUT2D eigenvalue weighted by molar-refractivity contribution is -0.141. The third-order valence-corrected chi connectivity index (χ3v) is 4.15. The molecule has 0 spiro atoms. The van der Waals surface area contributed by atoms with Gasteiger partial charge < -0.3 is 9.66 Å². The topological polar surface area (TPSA) is 72.7 Å². The van der Waals surface area contributed by atoms with Crippen LogP contribution in [0.25, 0.3) is 0 Å². The van der Waals surface area contributed by atoms with Gasteiger partial charge in [-0.2, -0.15) is 0 Å². The SMILES string of the molecule is CC(C)(C)[S+]([O-])/N=C/CC(Cc1ccccc1)C(=O)O. The van der Waals surface area contributed by atoms with Crippen molar-refractivity contribution in [2.24, 2.45) is 10.3 Å². The van der Waals surface area contributed by atoms with Crippen molar-refractivity contribution in [3.8, 4) is 0 Å². The van der Waals surface area contributed by atoms with Gasteiger partial charge in [0, 0.05) is 6.42 Å². The van der Waals surface area contributed by atoms with Gasteiger partial charge in [-0.05, 0) is 32.8 Å². The van der Waals surface area contributed by atoms with Crippen LogP contribution in [0.2, 0.25) is 0 Å². The van der Waals surface area contributed by atoms with E-state index in [4.69, 9.17) is 0 Å². The number of carboxylic acids is 1. The first-order valence-corrected chi connectivity index (χ1v) is 7.62. The van der Waals surface area contributed by atoms with Crippen molar-refractivity contribution in [3.05, 3.63) is 35.9 Å². The van der Waals surface area contributed by atoms with Crippen LogP contribution in [0, 0.1) is 5.92 Å². The van der Waals surface area contributed by atoms with Crippen LogP contribution in [0.15, 0.2) is 34.7 Å². The van der Waals surface area contributed by atoms with Crippen LogP contribution in [-0.2, 0) is 22.6 Å². The zero-order valence-electron chi connectivity index (χ0n) is 12.1. The molecule has 0 aromatic heterocycles. The van der Waals surface area contributed by atoms with E-state index in [9.17, 15) is 14.5 Å². The summed E-state index contributed by atoms with van der Waals surface area (Å²) in [6.07, 6.45) is 2.21. The molecule has 5 heteroatoms. The van der Waals surface area contributed by atoms with E-state index in [1.165, 1.54) is 6.21 Å². The first-order chi connectivity index (χ1) is 9.30. The van der Waals surface area contributed by atoms with Crippen LogP contribution in [0.3, 0.4) is 0 Å². The van der Waals surface area contributed by atoms with Gasteiger partial charge in [0.15, 0.2) is 0 Å². The first-order valence-electron chi connectivity index (χ1n) is 6.52. The molecule has 4 nitrogen and oxygen atoms in total. The summed E-state index contributed by atoms with van der Waals surface area (Å²) in [4.78, 5) is 11.2. The summed E-state index contributed by atoms with van der Waals surface area (Å²) in [5.74, 6) is -1.40. The molecular weight excluding hydrogens is 274 g/mol. The van der Waals surface area contributed by atoms with E-state index in [1.807, 2.05) is 51.1 Å². The molecular formula is C15H21NO3S. The average molecular weight is 295 g/mol. The van der Waals surface area contributed by atoms with E-state index in [1.54, 1.807) is 0 Å². The quantitative estimate of drug-likeness (QED) is 0.648. The van der Waals surface area contributed by atoms with E-state index in [0.29, 0.717) is 6.42 Å². The lowest BCUT2D eigenvalue weighted by Gasteiger charge is -2.18. The summed E-state index contributed by atoms with van der Waals surface area (Å²) in [6.45, 7) is 5.50. The molecule has 0 aliphatic carbocycles.